The fourth-order valence-electron chi connectivity index (χ4n) is 2.32. The number of ether oxygens (including phenoxy) is 1. The van der Waals surface area contributed by atoms with E-state index in [1.807, 2.05) is 36.4 Å². The van der Waals surface area contributed by atoms with Gasteiger partial charge >= 0.3 is 0 Å². The molecule has 24 heavy (non-hydrogen) atoms. The van der Waals surface area contributed by atoms with Crippen molar-refractivity contribution in [2.75, 3.05) is 13.7 Å². The van der Waals surface area contributed by atoms with Gasteiger partial charge in [-0.15, -0.1) is 11.3 Å². The maximum Gasteiger partial charge on any atom is 0.270 e. The van der Waals surface area contributed by atoms with Crippen LogP contribution in [0.4, 0.5) is 0 Å². The summed E-state index contributed by atoms with van der Waals surface area (Å²) in [7, 11) is 1.65. The number of nitrogens with one attached hydrogen (secondary N) is 1. The molecule has 0 atom stereocenters. The van der Waals surface area contributed by atoms with E-state index in [9.17, 15) is 4.79 Å². The lowest BCUT2D eigenvalue weighted by atomic mass is 10.1. The van der Waals surface area contributed by atoms with E-state index in [4.69, 9.17) is 4.74 Å². The lowest BCUT2D eigenvalue weighted by molar-refractivity contribution is 0.0950. The molecule has 3 aromatic rings. The molecule has 1 amide bonds. The van der Waals surface area contributed by atoms with Crippen LogP contribution < -0.4 is 10.1 Å². The van der Waals surface area contributed by atoms with Gasteiger partial charge in [0.2, 0.25) is 0 Å². The van der Waals surface area contributed by atoms with Gasteiger partial charge in [0.1, 0.15) is 16.5 Å². The number of pyridine rings is 1. The molecular formula is C18H17N3O2S. The van der Waals surface area contributed by atoms with E-state index in [0.717, 1.165) is 21.9 Å². The van der Waals surface area contributed by atoms with Crippen LogP contribution in [0.2, 0.25) is 0 Å². The standard InChI is InChI=1S/C18H17N3O2S/c1-23-16-5-3-2-4-13(16)8-11-20-17(22)15-12-24-18(21-15)14-6-9-19-10-7-14/h2-7,9-10,12H,8,11H2,1H3,(H,20,22). The number of carbonyl (C=O) groups is 1. The zero-order valence-electron chi connectivity index (χ0n) is 13.2. The molecule has 1 N–H and O–H groups in total. The summed E-state index contributed by atoms with van der Waals surface area (Å²) in [6.45, 7) is 0.529. The predicted octanol–water partition coefficient (Wildman–Crippen LogP) is 3.19. The Morgan fingerprint density at radius 2 is 2.00 bits per heavy atom. The molecule has 0 radical (unpaired) electrons. The molecule has 5 nitrogen and oxygen atoms in total. The van der Waals surface area contributed by atoms with Crippen molar-refractivity contribution in [3.8, 4) is 16.3 Å². The second kappa shape index (κ2) is 7.70. The van der Waals surface area contributed by atoms with Gasteiger partial charge in [-0.2, -0.15) is 0 Å². The van der Waals surface area contributed by atoms with Crippen molar-refractivity contribution in [3.63, 3.8) is 0 Å². The number of aromatic nitrogens is 2. The Kier molecular flexibility index (Phi) is 5.18. The summed E-state index contributed by atoms with van der Waals surface area (Å²) in [6, 6.07) is 11.6. The molecule has 0 aliphatic rings. The molecule has 0 spiro atoms. The summed E-state index contributed by atoms with van der Waals surface area (Å²) in [5, 5.41) is 5.49. The number of rotatable bonds is 6. The number of hydrogen-bond donors (Lipinski definition) is 1. The maximum atomic E-state index is 12.2. The van der Waals surface area contributed by atoms with Gasteiger partial charge in [-0.05, 0) is 30.2 Å². The van der Waals surface area contributed by atoms with Crippen LogP contribution in [0.3, 0.4) is 0 Å². The Morgan fingerprint density at radius 3 is 2.79 bits per heavy atom. The molecule has 0 aliphatic heterocycles. The minimum Gasteiger partial charge on any atom is -0.496 e. The first-order valence-electron chi connectivity index (χ1n) is 7.54. The Balaban J connectivity index is 1.59. The number of benzene rings is 1. The molecule has 0 fully saturated rings. The van der Waals surface area contributed by atoms with Crippen LogP contribution in [0.25, 0.3) is 10.6 Å². The molecule has 3 rings (SSSR count). The van der Waals surface area contributed by atoms with Crippen LogP contribution in [0.15, 0.2) is 54.2 Å². The van der Waals surface area contributed by atoms with E-state index < -0.39 is 0 Å². The lowest BCUT2D eigenvalue weighted by Crippen LogP contribution is -2.26. The van der Waals surface area contributed by atoms with Crippen LogP contribution in [0, 0.1) is 0 Å². The largest absolute Gasteiger partial charge is 0.496 e. The number of para-hydroxylation sites is 1. The molecule has 1 aromatic carbocycles. The fourth-order valence-corrected chi connectivity index (χ4v) is 3.12. The van der Waals surface area contributed by atoms with E-state index >= 15 is 0 Å². The first-order valence-corrected chi connectivity index (χ1v) is 8.42. The second-order valence-corrected chi connectivity index (χ2v) is 5.95. The molecule has 6 heteroatoms. The van der Waals surface area contributed by atoms with Gasteiger partial charge < -0.3 is 10.1 Å². The van der Waals surface area contributed by atoms with Gasteiger partial charge in [-0.3, -0.25) is 9.78 Å². The number of hydrogen-bond acceptors (Lipinski definition) is 5. The molecule has 2 aromatic heterocycles. The van der Waals surface area contributed by atoms with Crippen LogP contribution >= 0.6 is 11.3 Å². The average Bonchev–Trinajstić information content (AvgIpc) is 3.13. The van der Waals surface area contributed by atoms with E-state index in [1.54, 1.807) is 24.9 Å². The highest BCUT2D eigenvalue weighted by molar-refractivity contribution is 7.13. The minimum atomic E-state index is -0.165. The van der Waals surface area contributed by atoms with Gasteiger partial charge in [0.15, 0.2) is 0 Å². The van der Waals surface area contributed by atoms with Crippen LogP contribution in [-0.2, 0) is 6.42 Å². The van der Waals surface area contributed by atoms with Crippen LogP contribution in [-0.4, -0.2) is 29.5 Å². The third-order valence-corrected chi connectivity index (χ3v) is 4.43. The highest BCUT2D eigenvalue weighted by Gasteiger charge is 2.11. The Bertz CT molecular complexity index is 818. The van der Waals surface area contributed by atoms with Crippen molar-refractivity contribution in [3.05, 3.63) is 65.4 Å². The van der Waals surface area contributed by atoms with Gasteiger partial charge in [0, 0.05) is 29.9 Å². The van der Waals surface area contributed by atoms with Crippen LogP contribution in [0.1, 0.15) is 16.1 Å². The smallest absolute Gasteiger partial charge is 0.270 e. The quantitative estimate of drug-likeness (QED) is 0.749. The highest BCUT2D eigenvalue weighted by Crippen LogP contribution is 2.22. The predicted molar refractivity (Wildman–Crippen MR) is 94.4 cm³/mol. The van der Waals surface area contributed by atoms with Gasteiger partial charge in [-0.1, -0.05) is 18.2 Å². The SMILES string of the molecule is COc1ccccc1CCNC(=O)c1csc(-c2ccncc2)n1. The first-order chi connectivity index (χ1) is 11.8. The molecule has 122 valence electrons. The summed E-state index contributed by atoms with van der Waals surface area (Å²) >= 11 is 1.45. The summed E-state index contributed by atoms with van der Waals surface area (Å²) < 4.78 is 5.31. The first kappa shape index (κ1) is 16.1. The Hall–Kier alpha value is -2.73. The monoisotopic (exact) mass is 339 g/mol. The number of carbonyl (C=O) groups excluding carboxylic acids is 1. The summed E-state index contributed by atoms with van der Waals surface area (Å²) in [4.78, 5) is 20.6. The fraction of sp³-hybridized carbons (Fsp3) is 0.167. The van der Waals surface area contributed by atoms with Gasteiger partial charge in [-0.25, -0.2) is 4.98 Å². The molecule has 0 saturated carbocycles. The highest BCUT2D eigenvalue weighted by atomic mass is 32.1. The van der Waals surface area contributed by atoms with Crippen molar-refractivity contribution in [2.45, 2.75) is 6.42 Å². The van der Waals surface area contributed by atoms with Gasteiger partial charge in [0.05, 0.1) is 7.11 Å². The van der Waals surface area contributed by atoms with Gasteiger partial charge in [0.25, 0.3) is 5.91 Å². The number of thiazole rings is 1. The molecule has 0 aliphatic carbocycles. The second-order valence-electron chi connectivity index (χ2n) is 5.09. The zero-order chi connectivity index (χ0) is 16.8. The average molecular weight is 339 g/mol. The van der Waals surface area contributed by atoms with Crippen molar-refractivity contribution >= 4 is 17.2 Å². The molecule has 0 bridgehead atoms. The van der Waals surface area contributed by atoms with E-state index in [-0.39, 0.29) is 5.91 Å². The van der Waals surface area contributed by atoms with E-state index in [2.05, 4.69) is 15.3 Å². The van der Waals surface area contributed by atoms with E-state index in [0.29, 0.717) is 18.7 Å². The third-order valence-electron chi connectivity index (χ3n) is 3.54. The Morgan fingerprint density at radius 1 is 1.21 bits per heavy atom. The number of amides is 1. The maximum absolute atomic E-state index is 12.2. The van der Waals surface area contributed by atoms with Crippen LogP contribution in [0.5, 0.6) is 5.75 Å². The van der Waals surface area contributed by atoms with Crippen molar-refractivity contribution < 1.29 is 9.53 Å². The van der Waals surface area contributed by atoms with Crippen molar-refractivity contribution in [1.29, 1.82) is 0 Å². The van der Waals surface area contributed by atoms with E-state index in [1.165, 1.54) is 11.3 Å². The third kappa shape index (κ3) is 3.78. The number of methoxy groups -OCH3 is 1. The molecular weight excluding hydrogens is 322 g/mol. The van der Waals surface area contributed by atoms with Crippen molar-refractivity contribution in [2.24, 2.45) is 0 Å². The summed E-state index contributed by atoms with van der Waals surface area (Å²) in [5.41, 5.74) is 2.46. The number of nitrogens with zero attached hydrogens (tertiary/aromatic N) is 2. The Labute approximate surface area is 144 Å². The molecule has 0 saturated heterocycles. The topological polar surface area (TPSA) is 64.1 Å². The molecule has 2 heterocycles. The normalized spacial score (nSPS) is 10.4. The lowest BCUT2D eigenvalue weighted by Gasteiger charge is -2.08. The summed E-state index contributed by atoms with van der Waals surface area (Å²) in [5.74, 6) is 0.668. The summed E-state index contributed by atoms with van der Waals surface area (Å²) in [6.07, 6.45) is 4.13. The minimum absolute atomic E-state index is 0.165. The zero-order valence-corrected chi connectivity index (χ0v) is 14.0. The molecule has 0 unspecified atom stereocenters. The van der Waals surface area contributed by atoms with Crippen molar-refractivity contribution in [1.82, 2.24) is 15.3 Å².